The molecule has 1 fully saturated rings. The van der Waals surface area contributed by atoms with Gasteiger partial charge in [0.15, 0.2) is 5.82 Å². The minimum atomic E-state index is 0.545. The monoisotopic (exact) mass is 284 g/mol. The number of nitrogens with zero attached hydrogens (tertiary/aromatic N) is 3. The van der Waals surface area contributed by atoms with Gasteiger partial charge < -0.3 is 9.88 Å². The first-order chi connectivity index (χ1) is 10.1. The van der Waals surface area contributed by atoms with Crippen LogP contribution in [0.4, 0.5) is 5.69 Å². The highest BCUT2D eigenvalue weighted by Gasteiger charge is 2.26. The molecule has 3 atom stereocenters. The minimum Gasteiger partial charge on any atom is -0.381 e. The van der Waals surface area contributed by atoms with Crippen molar-refractivity contribution in [2.75, 3.05) is 5.32 Å². The molecule has 1 N–H and O–H groups in total. The van der Waals surface area contributed by atoms with E-state index in [1.165, 1.54) is 24.9 Å². The third-order valence-corrected chi connectivity index (χ3v) is 4.68. The van der Waals surface area contributed by atoms with Gasteiger partial charge in [-0.1, -0.05) is 32.4 Å². The molecule has 2 aromatic rings. The summed E-state index contributed by atoms with van der Waals surface area (Å²) in [5.74, 6) is 2.43. The minimum absolute atomic E-state index is 0.545. The number of hydrogen-bond donors (Lipinski definition) is 1. The summed E-state index contributed by atoms with van der Waals surface area (Å²) in [6.07, 6.45) is 5.65. The van der Waals surface area contributed by atoms with Crippen molar-refractivity contribution in [3.8, 4) is 11.4 Å². The number of hydrogen-bond acceptors (Lipinski definition) is 3. The SMILES string of the molecule is CC1CCC(C)C(Nc2ccccc2-c2nncn2C)C1. The largest absolute Gasteiger partial charge is 0.381 e. The first kappa shape index (κ1) is 14.1. The zero-order valence-corrected chi connectivity index (χ0v) is 13.1. The van der Waals surface area contributed by atoms with E-state index in [1.54, 1.807) is 6.33 Å². The van der Waals surface area contributed by atoms with Crippen molar-refractivity contribution in [3.63, 3.8) is 0 Å². The fraction of sp³-hybridized carbons (Fsp3) is 0.529. The molecule has 1 aromatic heterocycles. The first-order valence-corrected chi connectivity index (χ1v) is 7.85. The molecule has 0 spiro atoms. The van der Waals surface area contributed by atoms with Gasteiger partial charge in [0.25, 0.3) is 0 Å². The van der Waals surface area contributed by atoms with E-state index in [9.17, 15) is 0 Å². The van der Waals surface area contributed by atoms with Gasteiger partial charge in [0.2, 0.25) is 0 Å². The lowest BCUT2D eigenvalue weighted by Gasteiger charge is -2.34. The van der Waals surface area contributed by atoms with Crippen LogP contribution in [-0.2, 0) is 7.05 Å². The maximum absolute atomic E-state index is 4.25. The fourth-order valence-electron chi connectivity index (χ4n) is 3.26. The van der Waals surface area contributed by atoms with Gasteiger partial charge in [-0.05, 0) is 36.8 Å². The molecule has 0 saturated heterocycles. The molecule has 21 heavy (non-hydrogen) atoms. The average molecular weight is 284 g/mol. The molecule has 3 rings (SSSR count). The Bertz CT molecular complexity index is 604. The lowest BCUT2D eigenvalue weighted by Crippen LogP contribution is -2.33. The van der Waals surface area contributed by atoms with Crippen LogP contribution in [-0.4, -0.2) is 20.8 Å². The third kappa shape index (κ3) is 2.94. The van der Waals surface area contributed by atoms with Crippen LogP contribution in [0.25, 0.3) is 11.4 Å². The molecule has 1 heterocycles. The highest BCUT2D eigenvalue weighted by Crippen LogP contribution is 2.33. The molecule has 1 aliphatic carbocycles. The van der Waals surface area contributed by atoms with Crippen LogP contribution in [0.3, 0.4) is 0 Å². The Morgan fingerprint density at radius 1 is 1.19 bits per heavy atom. The van der Waals surface area contributed by atoms with Crippen molar-refractivity contribution in [2.45, 2.75) is 39.2 Å². The summed E-state index contributed by atoms with van der Waals surface area (Å²) in [5.41, 5.74) is 2.29. The van der Waals surface area contributed by atoms with E-state index < -0.39 is 0 Å². The number of anilines is 1. The summed E-state index contributed by atoms with van der Waals surface area (Å²) in [4.78, 5) is 0. The Morgan fingerprint density at radius 3 is 2.76 bits per heavy atom. The van der Waals surface area contributed by atoms with Gasteiger partial charge in [0.1, 0.15) is 6.33 Å². The van der Waals surface area contributed by atoms with Crippen molar-refractivity contribution in [1.82, 2.24) is 14.8 Å². The standard InChI is InChI=1S/C17H24N4/c1-12-8-9-13(2)16(10-12)19-15-7-5-4-6-14(15)17-20-18-11-21(17)3/h4-7,11-13,16,19H,8-10H2,1-3H3. The Kier molecular flexibility index (Phi) is 3.95. The van der Waals surface area contributed by atoms with E-state index >= 15 is 0 Å². The molecule has 4 heteroatoms. The molecule has 4 nitrogen and oxygen atoms in total. The second-order valence-electron chi connectivity index (χ2n) is 6.46. The molecule has 1 aliphatic rings. The molecule has 0 aliphatic heterocycles. The molecule has 0 amide bonds. The van der Waals surface area contributed by atoms with Gasteiger partial charge in [-0.3, -0.25) is 0 Å². The highest BCUT2D eigenvalue weighted by molar-refractivity contribution is 5.73. The van der Waals surface area contributed by atoms with Crippen LogP contribution in [0.1, 0.15) is 33.1 Å². The van der Waals surface area contributed by atoms with E-state index in [1.807, 2.05) is 11.6 Å². The molecule has 0 radical (unpaired) electrons. The van der Waals surface area contributed by atoms with Crippen LogP contribution >= 0.6 is 0 Å². The molecule has 112 valence electrons. The predicted molar refractivity (Wildman–Crippen MR) is 86.0 cm³/mol. The van der Waals surface area contributed by atoms with Gasteiger partial charge >= 0.3 is 0 Å². The summed E-state index contributed by atoms with van der Waals surface area (Å²) >= 11 is 0. The Labute approximate surface area is 126 Å². The van der Waals surface area contributed by atoms with Crippen molar-refractivity contribution >= 4 is 5.69 Å². The lowest BCUT2D eigenvalue weighted by molar-refractivity contribution is 0.281. The van der Waals surface area contributed by atoms with Crippen LogP contribution in [0.15, 0.2) is 30.6 Å². The number of para-hydroxylation sites is 1. The molecular weight excluding hydrogens is 260 g/mol. The zero-order chi connectivity index (χ0) is 14.8. The quantitative estimate of drug-likeness (QED) is 0.934. The van der Waals surface area contributed by atoms with E-state index in [4.69, 9.17) is 0 Å². The maximum Gasteiger partial charge on any atom is 0.165 e. The maximum atomic E-state index is 4.25. The first-order valence-electron chi connectivity index (χ1n) is 7.85. The van der Waals surface area contributed by atoms with Crippen molar-refractivity contribution in [3.05, 3.63) is 30.6 Å². The normalized spacial score (nSPS) is 25.8. The number of nitrogens with one attached hydrogen (secondary N) is 1. The van der Waals surface area contributed by atoms with Gasteiger partial charge in [-0.15, -0.1) is 10.2 Å². The highest BCUT2D eigenvalue weighted by atomic mass is 15.2. The Morgan fingerprint density at radius 2 is 2.00 bits per heavy atom. The summed E-state index contributed by atoms with van der Waals surface area (Å²) in [6, 6.07) is 8.95. The molecule has 0 bridgehead atoms. The number of aryl methyl sites for hydroxylation is 1. The van der Waals surface area contributed by atoms with Crippen molar-refractivity contribution < 1.29 is 0 Å². The summed E-state index contributed by atoms with van der Waals surface area (Å²) in [7, 11) is 1.98. The number of aromatic nitrogens is 3. The van der Waals surface area contributed by atoms with Crippen LogP contribution in [0, 0.1) is 11.8 Å². The van der Waals surface area contributed by atoms with E-state index in [0.717, 1.165) is 17.3 Å². The van der Waals surface area contributed by atoms with E-state index in [-0.39, 0.29) is 0 Å². The van der Waals surface area contributed by atoms with Crippen LogP contribution in [0.5, 0.6) is 0 Å². The van der Waals surface area contributed by atoms with Crippen molar-refractivity contribution in [2.24, 2.45) is 18.9 Å². The smallest absolute Gasteiger partial charge is 0.165 e. The van der Waals surface area contributed by atoms with Gasteiger partial charge in [0, 0.05) is 24.3 Å². The van der Waals surface area contributed by atoms with Gasteiger partial charge in [0.05, 0.1) is 0 Å². The summed E-state index contributed by atoms with van der Waals surface area (Å²) in [5, 5.41) is 12.0. The van der Waals surface area contributed by atoms with E-state index in [2.05, 4.69) is 53.6 Å². The average Bonchev–Trinajstić information content (AvgIpc) is 2.90. The third-order valence-electron chi connectivity index (χ3n) is 4.68. The van der Waals surface area contributed by atoms with E-state index in [0.29, 0.717) is 12.0 Å². The second-order valence-corrected chi connectivity index (χ2v) is 6.46. The zero-order valence-electron chi connectivity index (χ0n) is 13.1. The molecular formula is C17H24N4. The topological polar surface area (TPSA) is 42.7 Å². The predicted octanol–water partition coefficient (Wildman–Crippen LogP) is 3.72. The van der Waals surface area contributed by atoms with Crippen LogP contribution in [0.2, 0.25) is 0 Å². The van der Waals surface area contributed by atoms with Crippen molar-refractivity contribution in [1.29, 1.82) is 0 Å². The Balaban J connectivity index is 1.87. The van der Waals surface area contributed by atoms with Gasteiger partial charge in [-0.2, -0.15) is 0 Å². The molecule has 1 aromatic carbocycles. The number of rotatable bonds is 3. The Hall–Kier alpha value is -1.84. The van der Waals surface area contributed by atoms with Crippen LogP contribution < -0.4 is 5.32 Å². The molecule has 1 saturated carbocycles. The molecule has 3 unspecified atom stereocenters. The fourth-order valence-corrected chi connectivity index (χ4v) is 3.26. The summed E-state index contributed by atoms with van der Waals surface area (Å²) in [6.45, 7) is 4.71. The number of benzene rings is 1. The lowest BCUT2D eigenvalue weighted by atomic mass is 9.80. The summed E-state index contributed by atoms with van der Waals surface area (Å²) < 4.78 is 1.97. The van der Waals surface area contributed by atoms with Gasteiger partial charge in [-0.25, -0.2) is 0 Å². The second kappa shape index (κ2) is 5.88.